The summed E-state index contributed by atoms with van der Waals surface area (Å²) in [7, 11) is 0. The largest absolute Gasteiger partial charge is 0.457 e. The number of carbonyl (C=O) groups excluding carboxylic acids is 2. The fraction of sp³-hybridized carbons (Fsp3) is 0.583. The van der Waals surface area contributed by atoms with Crippen molar-refractivity contribution in [3.05, 3.63) is 106 Å². The van der Waals surface area contributed by atoms with Crippen LogP contribution in [0, 0.1) is 0 Å². The van der Waals surface area contributed by atoms with E-state index < -0.39 is 11.9 Å². The highest BCUT2D eigenvalue weighted by Crippen LogP contribution is 2.20. The van der Waals surface area contributed by atoms with Crippen molar-refractivity contribution in [3.8, 4) is 0 Å². The van der Waals surface area contributed by atoms with E-state index in [1.807, 2.05) is 24.3 Å². The van der Waals surface area contributed by atoms with Crippen LogP contribution in [0.1, 0.15) is 198 Å². The summed E-state index contributed by atoms with van der Waals surface area (Å²) in [5, 5.41) is 0. The molecule has 0 spiro atoms. The van der Waals surface area contributed by atoms with Gasteiger partial charge in [0.05, 0.1) is 11.1 Å². The van der Waals surface area contributed by atoms with Crippen molar-refractivity contribution in [2.45, 2.75) is 181 Å². The lowest BCUT2D eigenvalue weighted by atomic mass is 10.00. The van der Waals surface area contributed by atoms with E-state index in [1.165, 1.54) is 140 Å². The molecular formula is C48H70O4. The third-order valence-electron chi connectivity index (χ3n) is 10.4. The molecule has 0 heterocycles. The Morgan fingerprint density at radius 3 is 0.962 bits per heavy atom. The van der Waals surface area contributed by atoms with Gasteiger partial charge in [-0.2, -0.15) is 0 Å². The van der Waals surface area contributed by atoms with Crippen molar-refractivity contribution in [3.63, 3.8) is 0 Å². The second kappa shape index (κ2) is 28.1. The van der Waals surface area contributed by atoms with Crippen LogP contribution in [0.25, 0.3) is 0 Å². The van der Waals surface area contributed by atoms with E-state index in [2.05, 4.69) is 38.1 Å². The summed E-state index contributed by atoms with van der Waals surface area (Å²) in [6.07, 6.45) is 31.0. The van der Waals surface area contributed by atoms with E-state index in [4.69, 9.17) is 9.47 Å². The van der Waals surface area contributed by atoms with E-state index >= 15 is 0 Å². The van der Waals surface area contributed by atoms with Gasteiger partial charge in [0.1, 0.15) is 13.2 Å². The Balaban J connectivity index is 1.40. The Morgan fingerprint density at radius 2 is 0.635 bits per heavy atom. The Labute approximate surface area is 317 Å². The molecule has 3 aromatic rings. The van der Waals surface area contributed by atoms with Crippen LogP contribution < -0.4 is 0 Å². The number of unbranched alkanes of at least 4 members (excludes halogenated alkanes) is 20. The molecule has 0 N–H and O–H groups in total. The lowest BCUT2D eigenvalue weighted by Crippen LogP contribution is -2.14. The molecule has 0 atom stereocenters. The summed E-state index contributed by atoms with van der Waals surface area (Å²) >= 11 is 0. The van der Waals surface area contributed by atoms with Crippen LogP contribution >= 0.6 is 0 Å². The minimum absolute atomic E-state index is 0.183. The van der Waals surface area contributed by atoms with Gasteiger partial charge in [-0.1, -0.05) is 203 Å². The van der Waals surface area contributed by atoms with Crippen molar-refractivity contribution in [1.29, 1.82) is 0 Å². The standard InChI is InChI=1S/C48H70O4/c1-3-5-7-9-11-13-15-17-19-21-23-31-41-33-25-27-35-43(41)39-51-47(49)45-37-29-30-38-46(45)48(50)52-40-44-36-28-26-34-42(44)32-24-22-20-18-16-14-12-10-8-6-4-2/h25-30,33-38H,3-24,31-32,39-40H2,1-2H3. The first-order valence-electron chi connectivity index (χ1n) is 21.2. The Kier molecular flexibility index (Phi) is 23.3. The van der Waals surface area contributed by atoms with Gasteiger partial charge >= 0.3 is 11.9 Å². The third-order valence-corrected chi connectivity index (χ3v) is 10.4. The van der Waals surface area contributed by atoms with Gasteiger partial charge in [-0.15, -0.1) is 0 Å². The summed E-state index contributed by atoms with van der Waals surface area (Å²) in [6, 6.07) is 23.3. The fourth-order valence-corrected chi connectivity index (χ4v) is 7.12. The molecule has 0 aliphatic carbocycles. The summed E-state index contributed by atoms with van der Waals surface area (Å²) in [6.45, 7) is 4.91. The van der Waals surface area contributed by atoms with Crippen LogP contribution in [0.2, 0.25) is 0 Å². The molecule has 4 nitrogen and oxygen atoms in total. The van der Waals surface area contributed by atoms with Crippen molar-refractivity contribution < 1.29 is 19.1 Å². The number of rotatable bonds is 30. The van der Waals surface area contributed by atoms with Crippen molar-refractivity contribution in [2.24, 2.45) is 0 Å². The van der Waals surface area contributed by atoms with Crippen molar-refractivity contribution in [1.82, 2.24) is 0 Å². The summed E-state index contributed by atoms with van der Waals surface area (Å²) < 4.78 is 11.6. The zero-order chi connectivity index (χ0) is 36.9. The monoisotopic (exact) mass is 711 g/mol. The predicted molar refractivity (Wildman–Crippen MR) is 218 cm³/mol. The average molecular weight is 711 g/mol. The first kappa shape index (κ1) is 43.0. The molecule has 0 fully saturated rings. The van der Waals surface area contributed by atoms with Gasteiger partial charge in [-0.05, 0) is 60.1 Å². The topological polar surface area (TPSA) is 52.6 Å². The van der Waals surface area contributed by atoms with Crippen LogP contribution in [0.3, 0.4) is 0 Å². The van der Waals surface area contributed by atoms with Crippen LogP contribution in [0.5, 0.6) is 0 Å². The second-order valence-electron chi connectivity index (χ2n) is 14.8. The van der Waals surface area contributed by atoms with Crippen LogP contribution in [0.4, 0.5) is 0 Å². The molecular weight excluding hydrogens is 641 g/mol. The molecule has 0 radical (unpaired) electrons. The Morgan fingerprint density at radius 1 is 0.365 bits per heavy atom. The molecule has 3 aromatic carbocycles. The normalized spacial score (nSPS) is 11.1. The Bertz CT molecular complexity index is 1270. The van der Waals surface area contributed by atoms with E-state index in [0.29, 0.717) is 0 Å². The van der Waals surface area contributed by atoms with E-state index in [-0.39, 0.29) is 24.3 Å². The van der Waals surface area contributed by atoms with Crippen LogP contribution in [-0.4, -0.2) is 11.9 Å². The van der Waals surface area contributed by atoms with E-state index in [0.717, 1.165) is 36.8 Å². The van der Waals surface area contributed by atoms with Gasteiger partial charge in [0.2, 0.25) is 0 Å². The number of hydrogen-bond acceptors (Lipinski definition) is 4. The van der Waals surface area contributed by atoms with E-state index in [9.17, 15) is 9.59 Å². The lowest BCUT2D eigenvalue weighted by Gasteiger charge is -2.13. The van der Waals surface area contributed by atoms with Gasteiger partial charge in [-0.3, -0.25) is 0 Å². The smallest absolute Gasteiger partial charge is 0.339 e. The maximum absolute atomic E-state index is 13.3. The maximum atomic E-state index is 13.3. The molecule has 0 unspecified atom stereocenters. The highest BCUT2D eigenvalue weighted by molar-refractivity contribution is 6.03. The fourth-order valence-electron chi connectivity index (χ4n) is 7.12. The first-order chi connectivity index (χ1) is 25.6. The van der Waals surface area contributed by atoms with Gasteiger partial charge in [0.25, 0.3) is 0 Å². The zero-order valence-electron chi connectivity index (χ0n) is 32.9. The average Bonchev–Trinajstić information content (AvgIpc) is 3.18. The molecule has 52 heavy (non-hydrogen) atoms. The molecule has 0 saturated heterocycles. The molecule has 0 aliphatic heterocycles. The highest BCUT2D eigenvalue weighted by atomic mass is 16.5. The Hall–Kier alpha value is -3.40. The SMILES string of the molecule is CCCCCCCCCCCCCc1ccccc1COC(=O)c1ccccc1C(=O)OCc1ccccc1CCCCCCCCCCCCC. The minimum Gasteiger partial charge on any atom is -0.457 e. The summed E-state index contributed by atoms with van der Waals surface area (Å²) in [5.41, 5.74) is 4.99. The number of benzene rings is 3. The maximum Gasteiger partial charge on any atom is 0.339 e. The third kappa shape index (κ3) is 17.9. The molecule has 3 rings (SSSR count). The lowest BCUT2D eigenvalue weighted by molar-refractivity contribution is 0.0424. The number of aryl methyl sites for hydroxylation is 2. The van der Waals surface area contributed by atoms with Crippen molar-refractivity contribution >= 4 is 11.9 Å². The quantitative estimate of drug-likeness (QED) is 0.0510. The first-order valence-corrected chi connectivity index (χ1v) is 21.2. The van der Waals surface area contributed by atoms with E-state index in [1.54, 1.807) is 24.3 Å². The van der Waals surface area contributed by atoms with Gasteiger partial charge in [0, 0.05) is 0 Å². The molecule has 4 heteroatoms. The van der Waals surface area contributed by atoms with Gasteiger partial charge in [0.15, 0.2) is 0 Å². The highest BCUT2D eigenvalue weighted by Gasteiger charge is 2.20. The summed E-state index contributed by atoms with van der Waals surface area (Å²) in [4.78, 5) is 26.6. The van der Waals surface area contributed by atoms with Gasteiger partial charge in [-0.25, -0.2) is 9.59 Å². The van der Waals surface area contributed by atoms with Gasteiger partial charge < -0.3 is 9.47 Å². The molecule has 0 saturated carbocycles. The number of ether oxygens (including phenoxy) is 2. The molecule has 0 aromatic heterocycles. The van der Waals surface area contributed by atoms with Crippen LogP contribution in [-0.2, 0) is 35.5 Å². The predicted octanol–water partition coefficient (Wildman–Crippen LogP) is 14.1. The minimum atomic E-state index is -0.506. The molecule has 0 aliphatic rings. The number of esters is 2. The number of carbonyl (C=O) groups is 2. The second-order valence-corrected chi connectivity index (χ2v) is 14.8. The van der Waals surface area contributed by atoms with Crippen LogP contribution in [0.15, 0.2) is 72.8 Å². The molecule has 0 amide bonds. The van der Waals surface area contributed by atoms with Crippen molar-refractivity contribution in [2.75, 3.05) is 0 Å². The molecule has 0 bridgehead atoms. The zero-order valence-corrected chi connectivity index (χ0v) is 32.9. The number of hydrogen-bond donors (Lipinski definition) is 0. The molecule has 286 valence electrons. The summed E-state index contributed by atoms with van der Waals surface area (Å²) in [5.74, 6) is -1.01.